The molecule has 4 nitrogen and oxygen atoms in total. The fourth-order valence-electron chi connectivity index (χ4n) is 2.49. The summed E-state index contributed by atoms with van der Waals surface area (Å²) in [5.41, 5.74) is 1.73. The van der Waals surface area contributed by atoms with E-state index >= 15 is 0 Å². The molecule has 4 atom stereocenters. The highest BCUT2D eigenvalue weighted by Gasteiger charge is 2.30. The van der Waals surface area contributed by atoms with E-state index in [-0.39, 0.29) is 41.9 Å². The van der Waals surface area contributed by atoms with Crippen molar-refractivity contribution in [2.45, 2.75) is 64.4 Å². The van der Waals surface area contributed by atoms with Crippen LogP contribution in [0, 0.1) is 5.92 Å². The van der Waals surface area contributed by atoms with E-state index < -0.39 is 6.10 Å². The lowest BCUT2D eigenvalue weighted by Gasteiger charge is -2.25. The molecule has 0 fully saturated rings. The summed E-state index contributed by atoms with van der Waals surface area (Å²) in [6.45, 7) is 7.46. The summed E-state index contributed by atoms with van der Waals surface area (Å²) in [7, 11) is 0. The zero-order valence-electron chi connectivity index (χ0n) is 14.7. The van der Waals surface area contributed by atoms with Gasteiger partial charge in [-0.1, -0.05) is 19.1 Å². The van der Waals surface area contributed by atoms with Crippen molar-refractivity contribution in [3.63, 3.8) is 0 Å². The number of carbonyl (C=O) groups excluding carboxylic acids is 2. The Hall–Kier alpha value is -1.07. The SMILES string of the molecule is C/C=C(/C)C1C/C=C(\C)C(O)CC(=O)CC(SC)C(C)C(=O)O1. The number of cyclic esters (lactones) is 1. The van der Waals surface area contributed by atoms with E-state index in [4.69, 9.17) is 4.74 Å². The molecule has 0 amide bonds. The third-order valence-corrected chi connectivity index (χ3v) is 5.66. The van der Waals surface area contributed by atoms with Crippen LogP contribution < -0.4 is 0 Å². The topological polar surface area (TPSA) is 63.6 Å². The normalized spacial score (nSPS) is 34.0. The number of carbonyl (C=O) groups is 2. The Balaban J connectivity index is 3.11. The van der Waals surface area contributed by atoms with Gasteiger partial charge in [0.15, 0.2) is 0 Å². The molecule has 0 saturated heterocycles. The molecule has 0 saturated carbocycles. The van der Waals surface area contributed by atoms with Crippen LogP contribution in [0.3, 0.4) is 0 Å². The molecule has 0 radical (unpaired) electrons. The largest absolute Gasteiger partial charge is 0.457 e. The number of allylic oxidation sites excluding steroid dienone is 1. The summed E-state index contributed by atoms with van der Waals surface area (Å²) in [6.07, 6.45) is 5.49. The smallest absolute Gasteiger partial charge is 0.310 e. The maximum absolute atomic E-state index is 12.4. The molecule has 0 bridgehead atoms. The molecule has 1 aliphatic heterocycles. The van der Waals surface area contributed by atoms with Crippen molar-refractivity contribution in [3.05, 3.63) is 23.3 Å². The fourth-order valence-corrected chi connectivity index (χ4v) is 3.36. The minimum Gasteiger partial charge on any atom is -0.457 e. The van der Waals surface area contributed by atoms with E-state index in [9.17, 15) is 14.7 Å². The summed E-state index contributed by atoms with van der Waals surface area (Å²) >= 11 is 1.50. The molecule has 0 aromatic rings. The number of aliphatic hydroxyl groups excluding tert-OH is 1. The van der Waals surface area contributed by atoms with Crippen molar-refractivity contribution in [3.8, 4) is 0 Å². The average molecular weight is 340 g/mol. The third-order valence-electron chi connectivity index (χ3n) is 4.48. The second-order valence-electron chi connectivity index (χ2n) is 6.17. The molecule has 0 aliphatic carbocycles. The van der Waals surface area contributed by atoms with Gasteiger partial charge < -0.3 is 9.84 Å². The van der Waals surface area contributed by atoms with Crippen molar-refractivity contribution in [1.82, 2.24) is 0 Å². The summed E-state index contributed by atoms with van der Waals surface area (Å²) in [5.74, 6) is -0.649. The zero-order valence-corrected chi connectivity index (χ0v) is 15.5. The van der Waals surface area contributed by atoms with Gasteiger partial charge in [0, 0.05) is 24.5 Å². The van der Waals surface area contributed by atoms with Crippen LogP contribution in [0.15, 0.2) is 23.3 Å². The van der Waals surface area contributed by atoms with Gasteiger partial charge in [0.05, 0.1) is 12.0 Å². The number of aliphatic hydroxyl groups is 1. The van der Waals surface area contributed by atoms with Crippen LogP contribution in [0.1, 0.15) is 47.0 Å². The molecule has 4 unspecified atom stereocenters. The molecule has 1 heterocycles. The van der Waals surface area contributed by atoms with Gasteiger partial charge in [-0.3, -0.25) is 9.59 Å². The summed E-state index contributed by atoms with van der Waals surface area (Å²) in [6, 6.07) is 0. The van der Waals surface area contributed by atoms with Gasteiger partial charge in [-0.25, -0.2) is 0 Å². The molecule has 0 aromatic heterocycles. The molecule has 23 heavy (non-hydrogen) atoms. The first-order valence-electron chi connectivity index (χ1n) is 8.02. The van der Waals surface area contributed by atoms with Gasteiger partial charge >= 0.3 is 5.97 Å². The van der Waals surface area contributed by atoms with Crippen LogP contribution in [-0.2, 0) is 14.3 Å². The highest BCUT2D eigenvalue weighted by Crippen LogP contribution is 2.26. The Labute approximate surface area is 143 Å². The molecular weight excluding hydrogens is 312 g/mol. The van der Waals surface area contributed by atoms with Crippen LogP contribution in [0.25, 0.3) is 0 Å². The van der Waals surface area contributed by atoms with E-state index in [1.807, 2.05) is 46.1 Å². The average Bonchev–Trinajstić information content (AvgIpc) is 2.53. The number of Topliss-reactive ketones (excluding diaryl/α,β-unsaturated/α-hetero) is 1. The summed E-state index contributed by atoms with van der Waals surface area (Å²) in [4.78, 5) is 24.6. The van der Waals surface area contributed by atoms with Gasteiger partial charge in [0.2, 0.25) is 0 Å². The van der Waals surface area contributed by atoms with Crippen LogP contribution >= 0.6 is 11.8 Å². The van der Waals surface area contributed by atoms with Gasteiger partial charge in [0.1, 0.15) is 11.9 Å². The third kappa shape index (κ3) is 5.81. The first-order chi connectivity index (χ1) is 10.8. The second kappa shape index (κ2) is 9.28. The van der Waals surface area contributed by atoms with Crippen LogP contribution in [0.5, 0.6) is 0 Å². The van der Waals surface area contributed by atoms with Gasteiger partial charge in [-0.2, -0.15) is 11.8 Å². The van der Waals surface area contributed by atoms with Gasteiger partial charge in [0.25, 0.3) is 0 Å². The second-order valence-corrected chi connectivity index (χ2v) is 7.24. The predicted octanol–water partition coefficient (Wildman–Crippen LogP) is 3.29. The molecule has 0 spiro atoms. The first kappa shape index (κ1) is 20.0. The number of ether oxygens (including phenoxy) is 1. The molecule has 130 valence electrons. The Kier molecular flexibility index (Phi) is 8.06. The Bertz CT molecular complexity index is 495. The molecular formula is C18H28O4S. The van der Waals surface area contributed by atoms with E-state index in [0.717, 1.165) is 11.1 Å². The van der Waals surface area contributed by atoms with E-state index in [0.29, 0.717) is 6.42 Å². The number of hydrogen-bond donors (Lipinski definition) is 1. The van der Waals surface area contributed by atoms with E-state index in [1.54, 1.807) is 0 Å². The lowest BCUT2D eigenvalue weighted by Crippen LogP contribution is -2.32. The highest BCUT2D eigenvalue weighted by atomic mass is 32.2. The monoisotopic (exact) mass is 340 g/mol. The lowest BCUT2D eigenvalue weighted by molar-refractivity contribution is -0.151. The molecule has 1 rings (SSSR count). The molecule has 5 heteroatoms. The number of hydrogen-bond acceptors (Lipinski definition) is 5. The van der Waals surface area contributed by atoms with Gasteiger partial charge in [-0.05, 0) is 38.2 Å². The van der Waals surface area contributed by atoms with Crippen molar-refractivity contribution in [2.24, 2.45) is 5.92 Å². The Morgan fingerprint density at radius 2 is 2.04 bits per heavy atom. The van der Waals surface area contributed by atoms with Crippen LogP contribution in [0.4, 0.5) is 0 Å². The maximum atomic E-state index is 12.4. The summed E-state index contributed by atoms with van der Waals surface area (Å²) in [5, 5.41) is 10.0. The number of rotatable bonds is 2. The number of esters is 1. The number of ketones is 1. The van der Waals surface area contributed by atoms with E-state index in [2.05, 4.69) is 0 Å². The fraction of sp³-hybridized carbons (Fsp3) is 0.667. The minimum absolute atomic E-state index is 0.0222. The maximum Gasteiger partial charge on any atom is 0.310 e. The molecule has 0 aromatic carbocycles. The van der Waals surface area contributed by atoms with Crippen molar-refractivity contribution in [2.75, 3.05) is 6.26 Å². The minimum atomic E-state index is -0.762. The Morgan fingerprint density at radius 1 is 1.39 bits per heavy atom. The quantitative estimate of drug-likeness (QED) is 0.617. The summed E-state index contributed by atoms with van der Waals surface area (Å²) < 4.78 is 5.68. The van der Waals surface area contributed by atoms with Crippen molar-refractivity contribution in [1.29, 1.82) is 0 Å². The zero-order chi connectivity index (χ0) is 17.6. The lowest BCUT2D eigenvalue weighted by atomic mass is 9.96. The standard InChI is InChI=1S/C18H28O4S/c1-6-11(2)16-8-7-12(3)15(20)9-14(19)10-17(23-5)13(4)18(21)22-16/h6-7,13,15-17,20H,8-10H2,1-5H3/b11-6-,12-7+. The Morgan fingerprint density at radius 3 is 2.61 bits per heavy atom. The van der Waals surface area contributed by atoms with E-state index in [1.165, 1.54) is 11.8 Å². The molecule has 1 aliphatic rings. The highest BCUT2D eigenvalue weighted by molar-refractivity contribution is 7.99. The van der Waals surface area contributed by atoms with Crippen molar-refractivity contribution >= 4 is 23.5 Å². The van der Waals surface area contributed by atoms with Crippen molar-refractivity contribution < 1.29 is 19.4 Å². The predicted molar refractivity (Wildman–Crippen MR) is 94.4 cm³/mol. The van der Waals surface area contributed by atoms with Crippen LogP contribution in [0.2, 0.25) is 0 Å². The van der Waals surface area contributed by atoms with Gasteiger partial charge in [-0.15, -0.1) is 0 Å². The van der Waals surface area contributed by atoms with Crippen LogP contribution in [-0.4, -0.2) is 40.6 Å². The first-order valence-corrected chi connectivity index (χ1v) is 9.31. The molecule has 1 N–H and O–H groups in total. The number of thioether (sulfide) groups is 1.